The van der Waals surface area contributed by atoms with E-state index in [9.17, 15) is 4.79 Å². The third-order valence-corrected chi connectivity index (χ3v) is 3.42. The van der Waals surface area contributed by atoms with Crippen LogP contribution in [0.1, 0.15) is 19.4 Å². The van der Waals surface area contributed by atoms with Crippen LogP contribution in [0.3, 0.4) is 0 Å². The Labute approximate surface area is 113 Å². The second-order valence-electron chi connectivity index (χ2n) is 5.12. The van der Waals surface area contributed by atoms with Crippen LogP contribution in [0, 0.1) is 5.92 Å². The maximum Gasteiger partial charge on any atom is 0.251 e. The number of carbonyl (C=O) groups is 1. The van der Waals surface area contributed by atoms with Crippen LogP contribution in [0.15, 0.2) is 24.3 Å². The van der Waals surface area contributed by atoms with Crippen LogP contribution in [0.25, 0.3) is 0 Å². The van der Waals surface area contributed by atoms with E-state index in [-0.39, 0.29) is 17.9 Å². The highest BCUT2D eigenvalue weighted by Gasteiger charge is 2.30. The molecule has 1 heterocycles. The fraction of sp³-hybridized carbons (Fsp3) is 0.500. The van der Waals surface area contributed by atoms with Gasteiger partial charge in [0.1, 0.15) is 12.4 Å². The van der Waals surface area contributed by atoms with E-state index in [0.29, 0.717) is 19.7 Å². The molecule has 19 heavy (non-hydrogen) atoms. The molecule has 1 aliphatic heterocycles. The molecule has 104 valence electrons. The SMILES string of the molecule is CC(C)C(C(=O)NN)N1CCOc2ccccc2C1. The number of hydrazine groups is 1. The third-order valence-electron chi connectivity index (χ3n) is 3.42. The van der Waals surface area contributed by atoms with Gasteiger partial charge >= 0.3 is 0 Å². The van der Waals surface area contributed by atoms with Gasteiger partial charge in [-0.25, -0.2) is 5.84 Å². The number of para-hydroxylation sites is 1. The highest BCUT2D eigenvalue weighted by molar-refractivity contribution is 5.81. The van der Waals surface area contributed by atoms with Crippen molar-refractivity contribution in [3.05, 3.63) is 29.8 Å². The lowest BCUT2D eigenvalue weighted by atomic mass is 10.0. The lowest BCUT2D eigenvalue weighted by Crippen LogP contribution is -2.52. The number of rotatable bonds is 3. The monoisotopic (exact) mass is 263 g/mol. The molecule has 1 amide bonds. The number of fused-ring (bicyclic) bond motifs is 1. The molecule has 5 nitrogen and oxygen atoms in total. The number of hydrogen-bond acceptors (Lipinski definition) is 4. The second kappa shape index (κ2) is 6.04. The number of carbonyl (C=O) groups excluding carboxylic acids is 1. The molecule has 0 radical (unpaired) electrons. The minimum absolute atomic E-state index is 0.144. The van der Waals surface area contributed by atoms with Crippen molar-refractivity contribution in [1.82, 2.24) is 10.3 Å². The number of nitrogens with zero attached hydrogens (tertiary/aromatic N) is 1. The first-order chi connectivity index (χ1) is 9.13. The Hall–Kier alpha value is -1.59. The molecule has 5 heteroatoms. The van der Waals surface area contributed by atoms with Gasteiger partial charge in [0.15, 0.2) is 0 Å². The summed E-state index contributed by atoms with van der Waals surface area (Å²) < 4.78 is 5.72. The summed E-state index contributed by atoms with van der Waals surface area (Å²) in [6, 6.07) is 7.71. The topological polar surface area (TPSA) is 67.6 Å². The molecule has 0 saturated heterocycles. The van der Waals surface area contributed by atoms with Gasteiger partial charge in [-0.2, -0.15) is 0 Å². The van der Waals surface area contributed by atoms with Gasteiger partial charge in [0.2, 0.25) is 0 Å². The van der Waals surface area contributed by atoms with E-state index >= 15 is 0 Å². The molecule has 0 bridgehead atoms. The predicted molar refractivity (Wildman–Crippen MR) is 73.3 cm³/mol. The number of nitrogens with one attached hydrogen (secondary N) is 1. The van der Waals surface area contributed by atoms with E-state index in [2.05, 4.69) is 10.3 Å². The van der Waals surface area contributed by atoms with Gasteiger partial charge in [-0.1, -0.05) is 32.0 Å². The van der Waals surface area contributed by atoms with Crippen molar-refractivity contribution in [1.29, 1.82) is 0 Å². The van der Waals surface area contributed by atoms with Gasteiger partial charge in [0, 0.05) is 18.7 Å². The Bertz CT molecular complexity index is 448. The van der Waals surface area contributed by atoms with Crippen LogP contribution in [-0.4, -0.2) is 30.0 Å². The lowest BCUT2D eigenvalue weighted by Gasteiger charge is -2.31. The summed E-state index contributed by atoms with van der Waals surface area (Å²) in [4.78, 5) is 14.1. The van der Waals surface area contributed by atoms with Crippen molar-refractivity contribution in [2.24, 2.45) is 11.8 Å². The largest absolute Gasteiger partial charge is 0.492 e. The summed E-state index contributed by atoms with van der Waals surface area (Å²) in [5, 5.41) is 0. The summed E-state index contributed by atoms with van der Waals surface area (Å²) in [5.41, 5.74) is 3.37. The molecule has 0 fully saturated rings. The fourth-order valence-electron chi connectivity index (χ4n) is 2.56. The lowest BCUT2D eigenvalue weighted by molar-refractivity contribution is -0.128. The number of benzene rings is 1. The zero-order valence-corrected chi connectivity index (χ0v) is 11.4. The van der Waals surface area contributed by atoms with Gasteiger partial charge in [-0.15, -0.1) is 0 Å². The first-order valence-corrected chi connectivity index (χ1v) is 6.58. The van der Waals surface area contributed by atoms with Crippen molar-refractivity contribution in [2.45, 2.75) is 26.4 Å². The summed E-state index contributed by atoms with van der Waals surface area (Å²) in [6.07, 6.45) is 0. The molecular weight excluding hydrogens is 242 g/mol. The molecule has 0 aromatic heterocycles. The van der Waals surface area contributed by atoms with Crippen LogP contribution in [0.4, 0.5) is 0 Å². The van der Waals surface area contributed by atoms with Crippen molar-refractivity contribution in [3.63, 3.8) is 0 Å². The molecule has 1 aromatic carbocycles. The fourth-order valence-corrected chi connectivity index (χ4v) is 2.56. The molecule has 1 atom stereocenters. The molecule has 1 aliphatic rings. The van der Waals surface area contributed by atoms with Crippen molar-refractivity contribution < 1.29 is 9.53 Å². The second-order valence-corrected chi connectivity index (χ2v) is 5.12. The van der Waals surface area contributed by atoms with E-state index in [0.717, 1.165) is 11.3 Å². The van der Waals surface area contributed by atoms with E-state index in [1.807, 2.05) is 38.1 Å². The standard InChI is InChI=1S/C14H21N3O2/c1-10(2)13(14(18)16-15)17-7-8-19-12-6-4-3-5-11(12)9-17/h3-6,10,13H,7-9,15H2,1-2H3,(H,16,18). The molecule has 1 aromatic rings. The van der Waals surface area contributed by atoms with Crippen LogP contribution >= 0.6 is 0 Å². The summed E-state index contributed by atoms with van der Waals surface area (Å²) >= 11 is 0. The maximum absolute atomic E-state index is 12.0. The van der Waals surface area contributed by atoms with E-state index in [1.165, 1.54) is 0 Å². The molecule has 0 aliphatic carbocycles. The average Bonchev–Trinajstić information content (AvgIpc) is 2.60. The van der Waals surface area contributed by atoms with Crippen molar-refractivity contribution in [3.8, 4) is 5.75 Å². The van der Waals surface area contributed by atoms with Gasteiger partial charge < -0.3 is 4.74 Å². The Kier molecular flexibility index (Phi) is 4.39. The Morgan fingerprint density at radius 2 is 2.16 bits per heavy atom. The van der Waals surface area contributed by atoms with Crippen LogP contribution in [0.5, 0.6) is 5.75 Å². The first-order valence-electron chi connectivity index (χ1n) is 6.58. The van der Waals surface area contributed by atoms with Crippen molar-refractivity contribution >= 4 is 5.91 Å². The number of hydrogen-bond donors (Lipinski definition) is 2. The Morgan fingerprint density at radius 1 is 1.42 bits per heavy atom. The quantitative estimate of drug-likeness (QED) is 0.483. The first kappa shape index (κ1) is 13.8. The number of ether oxygens (including phenoxy) is 1. The highest BCUT2D eigenvalue weighted by atomic mass is 16.5. The van der Waals surface area contributed by atoms with E-state index < -0.39 is 0 Å². The smallest absolute Gasteiger partial charge is 0.251 e. The summed E-state index contributed by atoms with van der Waals surface area (Å²) in [6.45, 7) is 6.05. The summed E-state index contributed by atoms with van der Waals surface area (Å²) in [5.74, 6) is 6.24. The minimum Gasteiger partial charge on any atom is -0.492 e. The summed E-state index contributed by atoms with van der Waals surface area (Å²) in [7, 11) is 0. The number of nitrogens with two attached hydrogens (primary N) is 1. The van der Waals surface area contributed by atoms with Crippen molar-refractivity contribution in [2.75, 3.05) is 13.2 Å². The van der Waals surface area contributed by atoms with Gasteiger partial charge in [-0.3, -0.25) is 15.1 Å². The van der Waals surface area contributed by atoms with E-state index in [4.69, 9.17) is 10.6 Å². The minimum atomic E-state index is -0.236. The number of amides is 1. The Morgan fingerprint density at radius 3 is 2.84 bits per heavy atom. The highest BCUT2D eigenvalue weighted by Crippen LogP contribution is 2.25. The maximum atomic E-state index is 12.0. The normalized spacial score (nSPS) is 17.3. The average molecular weight is 263 g/mol. The van der Waals surface area contributed by atoms with Crippen LogP contribution < -0.4 is 16.0 Å². The molecule has 0 saturated carbocycles. The van der Waals surface area contributed by atoms with Crippen LogP contribution in [-0.2, 0) is 11.3 Å². The zero-order chi connectivity index (χ0) is 13.8. The van der Waals surface area contributed by atoms with Gasteiger partial charge in [0.05, 0.1) is 6.04 Å². The molecule has 0 spiro atoms. The van der Waals surface area contributed by atoms with Gasteiger partial charge in [-0.05, 0) is 12.0 Å². The molecule has 3 N–H and O–H groups in total. The zero-order valence-electron chi connectivity index (χ0n) is 11.4. The molecular formula is C14H21N3O2. The molecule has 2 rings (SSSR count). The van der Waals surface area contributed by atoms with E-state index in [1.54, 1.807) is 0 Å². The molecule has 1 unspecified atom stereocenters. The van der Waals surface area contributed by atoms with Gasteiger partial charge in [0.25, 0.3) is 5.91 Å². The predicted octanol–water partition coefficient (Wildman–Crippen LogP) is 0.896. The Balaban J connectivity index is 2.23. The third kappa shape index (κ3) is 3.05. The van der Waals surface area contributed by atoms with Crippen LogP contribution in [0.2, 0.25) is 0 Å².